The standard InChI is InChI=1S/C14H26N4O2/c1-5-12(15-6-2)11-18-14(19)9-13(10-16-18)17(3)7-8-20-4/h9-10,12,15H,5-8,11H2,1-4H3. The molecule has 20 heavy (non-hydrogen) atoms. The minimum absolute atomic E-state index is 0.0666. The number of anilines is 1. The lowest BCUT2D eigenvalue weighted by atomic mass is 10.2. The van der Waals surface area contributed by atoms with Gasteiger partial charge in [0, 0.05) is 32.8 Å². The highest BCUT2D eigenvalue weighted by molar-refractivity contribution is 5.41. The maximum Gasteiger partial charge on any atom is 0.268 e. The van der Waals surface area contributed by atoms with Gasteiger partial charge in [-0.1, -0.05) is 13.8 Å². The summed E-state index contributed by atoms with van der Waals surface area (Å²) >= 11 is 0. The molecular formula is C14H26N4O2. The molecule has 6 nitrogen and oxygen atoms in total. The van der Waals surface area contributed by atoms with Crippen molar-refractivity contribution in [2.45, 2.75) is 32.9 Å². The zero-order chi connectivity index (χ0) is 15.0. The van der Waals surface area contributed by atoms with Gasteiger partial charge in [0.1, 0.15) is 0 Å². The van der Waals surface area contributed by atoms with Gasteiger partial charge in [-0.05, 0) is 13.0 Å². The topological polar surface area (TPSA) is 59.4 Å². The van der Waals surface area contributed by atoms with E-state index in [-0.39, 0.29) is 11.6 Å². The molecule has 114 valence electrons. The number of hydrogen-bond donors (Lipinski definition) is 1. The number of methoxy groups -OCH3 is 1. The Morgan fingerprint density at radius 3 is 2.80 bits per heavy atom. The minimum Gasteiger partial charge on any atom is -0.383 e. The highest BCUT2D eigenvalue weighted by Gasteiger charge is 2.09. The van der Waals surface area contributed by atoms with Crippen LogP contribution in [0.1, 0.15) is 20.3 Å². The monoisotopic (exact) mass is 282 g/mol. The molecule has 1 aromatic rings. The van der Waals surface area contributed by atoms with Crippen LogP contribution in [0.3, 0.4) is 0 Å². The molecule has 0 saturated carbocycles. The van der Waals surface area contributed by atoms with Gasteiger partial charge >= 0.3 is 0 Å². The zero-order valence-corrected chi connectivity index (χ0v) is 12.9. The molecule has 0 aliphatic carbocycles. The van der Waals surface area contributed by atoms with E-state index in [1.165, 1.54) is 4.68 Å². The van der Waals surface area contributed by atoms with Crippen molar-refractivity contribution in [3.8, 4) is 0 Å². The molecule has 1 rings (SSSR count). The van der Waals surface area contributed by atoms with Crippen LogP contribution < -0.4 is 15.8 Å². The summed E-state index contributed by atoms with van der Waals surface area (Å²) in [7, 11) is 3.59. The smallest absolute Gasteiger partial charge is 0.268 e. The Hall–Kier alpha value is -1.40. The number of ether oxygens (including phenoxy) is 1. The second-order valence-corrected chi connectivity index (χ2v) is 4.81. The molecule has 6 heteroatoms. The van der Waals surface area contributed by atoms with Crippen molar-refractivity contribution in [3.63, 3.8) is 0 Å². The van der Waals surface area contributed by atoms with E-state index in [1.54, 1.807) is 19.4 Å². The molecule has 0 fully saturated rings. The van der Waals surface area contributed by atoms with Crippen LogP contribution in [-0.4, -0.2) is 49.7 Å². The van der Waals surface area contributed by atoms with Crippen LogP contribution >= 0.6 is 0 Å². The molecule has 0 radical (unpaired) electrons. The van der Waals surface area contributed by atoms with Gasteiger partial charge in [-0.25, -0.2) is 4.68 Å². The van der Waals surface area contributed by atoms with Crippen LogP contribution in [-0.2, 0) is 11.3 Å². The SMILES string of the molecule is CCNC(CC)Cn1ncc(N(C)CCOC)cc1=O. The lowest BCUT2D eigenvalue weighted by Gasteiger charge is -2.20. The van der Waals surface area contributed by atoms with Crippen LogP contribution in [0.5, 0.6) is 0 Å². The molecule has 1 aromatic heterocycles. The van der Waals surface area contributed by atoms with Crippen molar-refractivity contribution in [1.29, 1.82) is 0 Å². The molecule has 1 unspecified atom stereocenters. The Morgan fingerprint density at radius 1 is 1.50 bits per heavy atom. The largest absolute Gasteiger partial charge is 0.383 e. The van der Waals surface area contributed by atoms with E-state index in [0.717, 1.165) is 25.2 Å². The molecule has 0 bridgehead atoms. The van der Waals surface area contributed by atoms with E-state index in [1.807, 2.05) is 11.9 Å². The summed E-state index contributed by atoms with van der Waals surface area (Å²) in [6, 6.07) is 1.91. The van der Waals surface area contributed by atoms with E-state index in [9.17, 15) is 4.79 Å². The molecule has 0 aliphatic heterocycles. The van der Waals surface area contributed by atoms with Crippen LogP contribution in [0.25, 0.3) is 0 Å². The van der Waals surface area contributed by atoms with Gasteiger partial charge in [-0.2, -0.15) is 5.10 Å². The molecule has 0 saturated heterocycles. The average Bonchev–Trinajstić information content (AvgIpc) is 2.45. The number of aromatic nitrogens is 2. The zero-order valence-electron chi connectivity index (χ0n) is 12.9. The number of nitrogens with one attached hydrogen (secondary N) is 1. The summed E-state index contributed by atoms with van der Waals surface area (Å²) in [6.07, 6.45) is 2.70. The van der Waals surface area contributed by atoms with Gasteiger partial charge in [0.05, 0.1) is 25.0 Å². The van der Waals surface area contributed by atoms with E-state index in [2.05, 4.69) is 24.3 Å². The quantitative estimate of drug-likeness (QED) is 0.723. The minimum atomic E-state index is -0.0666. The highest BCUT2D eigenvalue weighted by atomic mass is 16.5. The van der Waals surface area contributed by atoms with E-state index < -0.39 is 0 Å². The van der Waals surface area contributed by atoms with Gasteiger partial charge in [-0.3, -0.25) is 4.79 Å². The first kappa shape index (κ1) is 16.7. The first-order chi connectivity index (χ1) is 9.62. The van der Waals surface area contributed by atoms with Crippen LogP contribution in [0.4, 0.5) is 5.69 Å². The van der Waals surface area contributed by atoms with Gasteiger partial charge < -0.3 is 15.0 Å². The van der Waals surface area contributed by atoms with Gasteiger partial charge in [0.25, 0.3) is 5.56 Å². The van der Waals surface area contributed by atoms with Crippen molar-refractivity contribution < 1.29 is 4.74 Å². The van der Waals surface area contributed by atoms with Crippen molar-refractivity contribution >= 4 is 5.69 Å². The van der Waals surface area contributed by atoms with Gasteiger partial charge in [0.2, 0.25) is 0 Å². The number of rotatable bonds is 9. The number of likely N-dealkylation sites (N-methyl/N-ethyl adjacent to an activating group) is 2. The Labute approximate surface area is 120 Å². The molecule has 1 heterocycles. The second kappa shape index (κ2) is 8.71. The maximum atomic E-state index is 12.1. The number of nitrogens with zero attached hydrogens (tertiary/aromatic N) is 3. The molecule has 0 spiro atoms. The Morgan fingerprint density at radius 2 is 2.25 bits per heavy atom. The fraction of sp³-hybridized carbons (Fsp3) is 0.714. The summed E-state index contributed by atoms with van der Waals surface area (Å²) in [6.45, 7) is 7.02. The summed E-state index contributed by atoms with van der Waals surface area (Å²) in [5.41, 5.74) is 0.753. The summed E-state index contributed by atoms with van der Waals surface area (Å²) < 4.78 is 6.55. The molecule has 1 atom stereocenters. The molecule has 0 aromatic carbocycles. The van der Waals surface area contributed by atoms with E-state index in [0.29, 0.717) is 13.2 Å². The number of hydrogen-bond acceptors (Lipinski definition) is 5. The fourth-order valence-corrected chi connectivity index (χ4v) is 1.96. The normalized spacial score (nSPS) is 12.4. The van der Waals surface area contributed by atoms with Crippen molar-refractivity contribution in [2.75, 3.05) is 38.8 Å². The fourth-order valence-electron chi connectivity index (χ4n) is 1.96. The Kier molecular flexibility index (Phi) is 7.25. The lowest BCUT2D eigenvalue weighted by Crippen LogP contribution is -2.37. The molecule has 0 amide bonds. The van der Waals surface area contributed by atoms with E-state index in [4.69, 9.17) is 4.74 Å². The van der Waals surface area contributed by atoms with Gasteiger partial charge in [-0.15, -0.1) is 0 Å². The van der Waals surface area contributed by atoms with E-state index >= 15 is 0 Å². The lowest BCUT2D eigenvalue weighted by molar-refractivity contribution is 0.206. The third-order valence-electron chi connectivity index (χ3n) is 3.31. The predicted octanol–water partition coefficient (Wildman–Crippen LogP) is 0.714. The first-order valence-electron chi connectivity index (χ1n) is 7.13. The maximum absolute atomic E-state index is 12.1. The second-order valence-electron chi connectivity index (χ2n) is 4.81. The third-order valence-corrected chi connectivity index (χ3v) is 3.31. The summed E-state index contributed by atoms with van der Waals surface area (Å²) in [5, 5.41) is 7.61. The summed E-state index contributed by atoms with van der Waals surface area (Å²) in [5.74, 6) is 0. The van der Waals surface area contributed by atoms with Crippen molar-refractivity contribution in [1.82, 2.24) is 15.1 Å². The summed E-state index contributed by atoms with van der Waals surface area (Å²) in [4.78, 5) is 14.1. The highest BCUT2D eigenvalue weighted by Crippen LogP contribution is 2.06. The van der Waals surface area contributed by atoms with Crippen LogP contribution in [0.15, 0.2) is 17.1 Å². The first-order valence-corrected chi connectivity index (χ1v) is 7.13. The average molecular weight is 282 g/mol. The molecule has 1 N–H and O–H groups in total. The third kappa shape index (κ3) is 4.94. The molecular weight excluding hydrogens is 256 g/mol. The van der Waals surface area contributed by atoms with Crippen molar-refractivity contribution in [2.24, 2.45) is 0 Å². The Bertz CT molecular complexity index is 447. The Balaban J connectivity index is 2.75. The van der Waals surface area contributed by atoms with Crippen molar-refractivity contribution in [3.05, 3.63) is 22.6 Å². The van der Waals surface area contributed by atoms with Crippen LogP contribution in [0, 0.1) is 0 Å². The predicted molar refractivity (Wildman–Crippen MR) is 81.4 cm³/mol. The molecule has 0 aliphatic rings. The van der Waals surface area contributed by atoms with Gasteiger partial charge in [0.15, 0.2) is 0 Å². The van der Waals surface area contributed by atoms with Crippen LogP contribution in [0.2, 0.25) is 0 Å².